The molecule has 20 heavy (non-hydrogen) atoms. The smallest absolute Gasteiger partial charge is 0.0475 e. The Balaban J connectivity index is 2.14. The molecule has 2 heteroatoms. The highest BCUT2D eigenvalue weighted by atomic mass is 15.2. The van der Waals surface area contributed by atoms with Crippen LogP contribution in [0.2, 0.25) is 0 Å². The molecular weight excluding hydrogens is 244 g/mol. The average molecular weight is 274 g/mol. The van der Waals surface area contributed by atoms with Crippen molar-refractivity contribution < 1.29 is 0 Å². The van der Waals surface area contributed by atoms with Gasteiger partial charge >= 0.3 is 0 Å². The molecule has 2 rings (SSSR count). The molecule has 2 nitrogen and oxygen atoms in total. The molecule has 1 aliphatic carbocycles. The van der Waals surface area contributed by atoms with E-state index in [1.54, 1.807) is 0 Å². The lowest BCUT2D eigenvalue weighted by Crippen LogP contribution is -2.44. The molecule has 1 aromatic carbocycles. The normalized spacial score (nSPS) is 17.4. The van der Waals surface area contributed by atoms with Crippen molar-refractivity contribution in [1.29, 1.82) is 0 Å². The Hall–Kier alpha value is -0.860. The number of benzene rings is 1. The van der Waals surface area contributed by atoms with Crippen LogP contribution in [-0.4, -0.2) is 29.6 Å². The molecule has 1 aromatic rings. The fourth-order valence-corrected chi connectivity index (χ4v) is 2.76. The van der Waals surface area contributed by atoms with Crippen LogP contribution in [-0.2, 0) is 0 Å². The van der Waals surface area contributed by atoms with Crippen molar-refractivity contribution in [2.45, 2.75) is 64.6 Å². The van der Waals surface area contributed by atoms with Crippen molar-refractivity contribution in [2.75, 3.05) is 13.1 Å². The van der Waals surface area contributed by atoms with Crippen LogP contribution in [0.25, 0.3) is 0 Å². The summed E-state index contributed by atoms with van der Waals surface area (Å²) in [5.74, 6) is 0. The standard InChI is InChI=1S/C18H30N2/c1-5-13-20(16-11-12-16)17(14-19-18(2,3)4)15-9-7-6-8-10-15/h6-10,16-17,19H,5,11-14H2,1-4H3. The second-order valence-electron chi connectivity index (χ2n) is 7.03. The molecule has 0 amide bonds. The zero-order valence-electron chi connectivity index (χ0n) is 13.5. The summed E-state index contributed by atoms with van der Waals surface area (Å²) in [5, 5.41) is 3.70. The lowest BCUT2D eigenvalue weighted by Gasteiger charge is -2.34. The largest absolute Gasteiger partial charge is 0.310 e. The van der Waals surface area contributed by atoms with Gasteiger partial charge in [0.1, 0.15) is 0 Å². The van der Waals surface area contributed by atoms with E-state index in [-0.39, 0.29) is 5.54 Å². The van der Waals surface area contributed by atoms with Gasteiger partial charge in [-0.15, -0.1) is 0 Å². The maximum atomic E-state index is 3.70. The lowest BCUT2D eigenvalue weighted by molar-refractivity contribution is 0.173. The minimum atomic E-state index is 0.175. The van der Waals surface area contributed by atoms with Gasteiger partial charge in [0.2, 0.25) is 0 Å². The predicted octanol–water partition coefficient (Wildman–Crippen LogP) is 3.99. The Morgan fingerprint density at radius 3 is 2.35 bits per heavy atom. The number of nitrogens with zero attached hydrogens (tertiary/aromatic N) is 1. The van der Waals surface area contributed by atoms with E-state index in [9.17, 15) is 0 Å². The van der Waals surface area contributed by atoms with Gasteiger partial charge in [0, 0.05) is 24.2 Å². The van der Waals surface area contributed by atoms with E-state index in [1.165, 1.54) is 31.4 Å². The van der Waals surface area contributed by atoms with E-state index in [0.29, 0.717) is 6.04 Å². The van der Waals surface area contributed by atoms with Crippen LogP contribution in [0.3, 0.4) is 0 Å². The molecule has 0 radical (unpaired) electrons. The van der Waals surface area contributed by atoms with Gasteiger partial charge in [0.25, 0.3) is 0 Å². The zero-order valence-corrected chi connectivity index (χ0v) is 13.5. The van der Waals surface area contributed by atoms with Crippen molar-refractivity contribution in [1.82, 2.24) is 10.2 Å². The highest BCUT2D eigenvalue weighted by Crippen LogP contribution is 2.34. The monoisotopic (exact) mass is 274 g/mol. The van der Waals surface area contributed by atoms with E-state index < -0.39 is 0 Å². The first-order valence-corrected chi connectivity index (χ1v) is 8.07. The molecule has 0 bridgehead atoms. The van der Waals surface area contributed by atoms with Crippen LogP contribution < -0.4 is 5.32 Å². The molecule has 0 aliphatic heterocycles. The summed E-state index contributed by atoms with van der Waals surface area (Å²) >= 11 is 0. The number of nitrogens with one attached hydrogen (secondary N) is 1. The molecule has 0 saturated heterocycles. The van der Waals surface area contributed by atoms with Gasteiger partial charge in [-0.2, -0.15) is 0 Å². The molecule has 1 aliphatic rings. The summed E-state index contributed by atoms with van der Waals surface area (Å²) in [6, 6.07) is 12.3. The molecule has 1 fully saturated rings. The minimum Gasteiger partial charge on any atom is -0.310 e. The molecule has 0 spiro atoms. The van der Waals surface area contributed by atoms with E-state index in [0.717, 1.165) is 12.6 Å². The molecule has 1 unspecified atom stereocenters. The average Bonchev–Trinajstić information content (AvgIpc) is 3.22. The highest BCUT2D eigenvalue weighted by Gasteiger charge is 2.34. The Bertz CT molecular complexity index is 390. The third kappa shape index (κ3) is 4.60. The topological polar surface area (TPSA) is 15.3 Å². The molecular formula is C18H30N2. The van der Waals surface area contributed by atoms with Gasteiger partial charge in [-0.25, -0.2) is 0 Å². The van der Waals surface area contributed by atoms with Crippen molar-refractivity contribution >= 4 is 0 Å². The van der Waals surface area contributed by atoms with Crippen molar-refractivity contribution in [2.24, 2.45) is 0 Å². The minimum absolute atomic E-state index is 0.175. The summed E-state index contributed by atoms with van der Waals surface area (Å²) < 4.78 is 0. The van der Waals surface area contributed by atoms with Crippen LogP contribution in [0.4, 0.5) is 0 Å². The second-order valence-corrected chi connectivity index (χ2v) is 7.03. The third-order valence-electron chi connectivity index (χ3n) is 3.91. The molecule has 0 aromatic heterocycles. The van der Waals surface area contributed by atoms with Crippen molar-refractivity contribution in [3.63, 3.8) is 0 Å². The van der Waals surface area contributed by atoms with Gasteiger partial charge in [-0.1, -0.05) is 37.3 Å². The predicted molar refractivity (Wildman–Crippen MR) is 87.0 cm³/mol. The summed E-state index contributed by atoms with van der Waals surface area (Å²) in [6.45, 7) is 11.3. The molecule has 1 N–H and O–H groups in total. The van der Waals surface area contributed by atoms with Crippen LogP contribution in [0.15, 0.2) is 30.3 Å². The van der Waals surface area contributed by atoms with Crippen LogP contribution in [0.5, 0.6) is 0 Å². The summed E-state index contributed by atoms with van der Waals surface area (Å²) in [4.78, 5) is 2.72. The van der Waals surface area contributed by atoms with Gasteiger partial charge in [0.05, 0.1) is 0 Å². The maximum Gasteiger partial charge on any atom is 0.0475 e. The van der Waals surface area contributed by atoms with Crippen LogP contribution in [0.1, 0.15) is 58.6 Å². The highest BCUT2D eigenvalue weighted by molar-refractivity contribution is 5.20. The zero-order chi connectivity index (χ0) is 14.6. The summed E-state index contributed by atoms with van der Waals surface area (Å²) in [7, 11) is 0. The van der Waals surface area contributed by atoms with Gasteiger partial charge < -0.3 is 5.32 Å². The molecule has 1 saturated carbocycles. The fraction of sp³-hybridized carbons (Fsp3) is 0.667. The van der Waals surface area contributed by atoms with E-state index in [2.05, 4.69) is 68.2 Å². The van der Waals surface area contributed by atoms with Gasteiger partial charge in [-0.3, -0.25) is 4.90 Å². The first kappa shape index (κ1) is 15.5. The maximum absolute atomic E-state index is 3.70. The van der Waals surface area contributed by atoms with Crippen molar-refractivity contribution in [3.8, 4) is 0 Å². The number of rotatable bonds is 7. The Morgan fingerprint density at radius 1 is 1.20 bits per heavy atom. The second kappa shape index (κ2) is 6.73. The lowest BCUT2D eigenvalue weighted by atomic mass is 10.0. The van der Waals surface area contributed by atoms with Crippen LogP contribution >= 0.6 is 0 Å². The van der Waals surface area contributed by atoms with E-state index in [4.69, 9.17) is 0 Å². The summed E-state index contributed by atoms with van der Waals surface area (Å²) in [5.41, 5.74) is 1.62. The SMILES string of the molecule is CCCN(C1CC1)C(CNC(C)(C)C)c1ccccc1. The van der Waals surface area contributed by atoms with Crippen LogP contribution in [0, 0.1) is 0 Å². The number of hydrogen-bond donors (Lipinski definition) is 1. The molecule has 1 atom stereocenters. The van der Waals surface area contributed by atoms with E-state index in [1.807, 2.05) is 0 Å². The fourth-order valence-electron chi connectivity index (χ4n) is 2.76. The Labute approximate surface area is 124 Å². The molecule has 112 valence electrons. The van der Waals surface area contributed by atoms with Gasteiger partial charge in [0.15, 0.2) is 0 Å². The Kier molecular flexibility index (Phi) is 5.22. The third-order valence-corrected chi connectivity index (χ3v) is 3.91. The number of hydrogen-bond acceptors (Lipinski definition) is 2. The van der Waals surface area contributed by atoms with E-state index >= 15 is 0 Å². The Morgan fingerprint density at radius 2 is 1.85 bits per heavy atom. The summed E-state index contributed by atoms with van der Waals surface area (Å²) in [6.07, 6.45) is 3.98. The van der Waals surface area contributed by atoms with Gasteiger partial charge in [-0.05, 0) is 52.1 Å². The quantitative estimate of drug-likeness (QED) is 0.809. The van der Waals surface area contributed by atoms with Crippen molar-refractivity contribution in [3.05, 3.63) is 35.9 Å². The first-order chi connectivity index (χ1) is 9.51. The first-order valence-electron chi connectivity index (χ1n) is 8.07. The molecule has 0 heterocycles.